The maximum atomic E-state index is 12.2. The van der Waals surface area contributed by atoms with Crippen LogP contribution in [-0.2, 0) is 11.1 Å². The van der Waals surface area contributed by atoms with Gasteiger partial charge in [-0.3, -0.25) is 0 Å². The first-order valence-corrected chi connectivity index (χ1v) is 3.90. The van der Waals surface area contributed by atoms with Crippen LogP contribution in [0.15, 0.2) is 18.2 Å². The third-order valence-corrected chi connectivity index (χ3v) is 1.73. The zero-order chi connectivity index (χ0) is 10.8. The van der Waals surface area contributed by atoms with E-state index in [0.29, 0.717) is 0 Å². The van der Waals surface area contributed by atoms with E-state index in [1.54, 1.807) is 0 Å². The summed E-state index contributed by atoms with van der Waals surface area (Å²) < 4.78 is 36.5. The van der Waals surface area contributed by atoms with Gasteiger partial charge in [-0.25, -0.2) is 0 Å². The van der Waals surface area contributed by atoms with Crippen LogP contribution >= 0.6 is 11.6 Å². The highest BCUT2D eigenvalue weighted by molar-refractivity contribution is 6.32. The van der Waals surface area contributed by atoms with Crippen LogP contribution in [-0.4, -0.2) is 7.11 Å². The van der Waals surface area contributed by atoms with Crippen molar-refractivity contribution in [2.45, 2.75) is 6.18 Å². The van der Waals surface area contributed by atoms with Crippen LogP contribution in [0.3, 0.4) is 0 Å². The monoisotopic (exact) mass is 226 g/mol. The molecule has 6 heteroatoms. The Bertz CT molecular complexity index is 325. The van der Waals surface area contributed by atoms with Crippen LogP contribution in [0, 0.1) is 0 Å². The van der Waals surface area contributed by atoms with E-state index in [2.05, 4.69) is 9.78 Å². The van der Waals surface area contributed by atoms with Crippen LogP contribution in [0.4, 0.5) is 13.2 Å². The van der Waals surface area contributed by atoms with Gasteiger partial charge in [0.25, 0.3) is 0 Å². The predicted octanol–water partition coefficient (Wildman–Crippen LogP) is 3.30. The Labute approximate surface area is 83.1 Å². The molecule has 0 amide bonds. The van der Waals surface area contributed by atoms with E-state index in [1.807, 2.05) is 0 Å². The van der Waals surface area contributed by atoms with Crippen LogP contribution in [0.25, 0.3) is 0 Å². The quantitative estimate of drug-likeness (QED) is 0.569. The molecule has 0 aliphatic heterocycles. The zero-order valence-corrected chi connectivity index (χ0v) is 7.82. The van der Waals surface area contributed by atoms with Crippen LogP contribution in [0.2, 0.25) is 5.02 Å². The second kappa shape index (κ2) is 4.06. The van der Waals surface area contributed by atoms with Gasteiger partial charge >= 0.3 is 6.18 Å². The largest absolute Gasteiger partial charge is 0.416 e. The molecular weight excluding hydrogens is 221 g/mol. The minimum absolute atomic E-state index is 0.0437. The molecule has 0 aliphatic rings. The molecule has 0 spiro atoms. The zero-order valence-electron chi connectivity index (χ0n) is 7.06. The van der Waals surface area contributed by atoms with E-state index < -0.39 is 11.7 Å². The highest BCUT2D eigenvalue weighted by Gasteiger charge is 2.31. The van der Waals surface area contributed by atoms with Gasteiger partial charge in [0.05, 0.1) is 17.7 Å². The fourth-order valence-corrected chi connectivity index (χ4v) is 1.05. The molecule has 0 aromatic heterocycles. The van der Waals surface area contributed by atoms with Crippen molar-refractivity contribution in [3.05, 3.63) is 28.8 Å². The molecule has 0 heterocycles. The highest BCUT2D eigenvalue weighted by atomic mass is 35.5. The highest BCUT2D eigenvalue weighted by Crippen LogP contribution is 2.34. The van der Waals surface area contributed by atoms with Crippen molar-refractivity contribution >= 4 is 11.6 Å². The number of alkyl halides is 3. The lowest BCUT2D eigenvalue weighted by molar-refractivity contribution is -0.178. The van der Waals surface area contributed by atoms with Gasteiger partial charge < -0.3 is 4.89 Å². The number of rotatable bonds is 2. The third kappa shape index (κ3) is 2.52. The molecule has 0 aliphatic carbocycles. The molecule has 14 heavy (non-hydrogen) atoms. The smallest absolute Gasteiger partial charge is 0.336 e. The van der Waals surface area contributed by atoms with Crippen molar-refractivity contribution in [3.63, 3.8) is 0 Å². The first-order chi connectivity index (χ1) is 6.45. The molecule has 0 radical (unpaired) electrons. The normalized spacial score (nSPS) is 11.5. The molecule has 0 unspecified atom stereocenters. The topological polar surface area (TPSA) is 18.5 Å². The van der Waals surface area contributed by atoms with Gasteiger partial charge in [0.2, 0.25) is 0 Å². The van der Waals surface area contributed by atoms with E-state index in [9.17, 15) is 13.2 Å². The molecule has 1 rings (SSSR count). The molecule has 0 saturated heterocycles. The average molecular weight is 227 g/mol. The third-order valence-electron chi connectivity index (χ3n) is 1.43. The Hall–Kier alpha value is -0.940. The van der Waals surface area contributed by atoms with Crippen molar-refractivity contribution in [1.29, 1.82) is 0 Å². The summed E-state index contributed by atoms with van der Waals surface area (Å²) in [4.78, 5) is 8.77. The number of hydrogen-bond acceptors (Lipinski definition) is 2. The molecule has 0 fully saturated rings. The van der Waals surface area contributed by atoms with Gasteiger partial charge in [-0.2, -0.15) is 18.1 Å². The minimum Gasteiger partial charge on any atom is -0.336 e. The second-order valence-electron chi connectivity index (χ2n) is 2.39. The van der Waals surface area contributed by atoms with Crippen LogP contribution in [0.1, 0.15) is 5.56 Å². The fraction of sp³-hybridized carbons (Fsp3) is 0.250. The summed E-state index contributed by atoms with van der Waals surface area (Å²) in [5.41, 5.74) is -0.828. The lowest BCUT2D eigenvalue weighted by Gasteiger charge is -2.08. The van der Waals surface area contributed by atoms with Crippen molar-refractivity contribution in [3.8, 4) is 5.75 Å². The van der Waals surface area contributed by atoms with Crippen molar-refractivity contribution in [2.75, 3.05) is 7.11 Å². The molecule has 1 aromatic carbocycles. The predicted molar refractivity (Wildman–Crippen MR) is 44.1 cm³/mol. The summed E-state index contributed by atoms with van der Waals surface area (Å²) in [5, 5.41) is -0.151. The molecule has 0 atom stereocenters. The Morgan fingerprint density at radius 1 is 1.29 bits per heavy atom. The van der Waals surface area contributed by atoms with Gasteiger partial charge in [0.15, 0.2) is 5.75 Å². The standard InChI is InChI=1S/C8H6ClF3O2/c1-13-14-7-3-2-5(4-6(7)9)8(10,11)12/h2-4H,1H3. The first kappa shape index (κ1) is 11.1. The summed E-state index contributed by atoms with van der Waals surface area (Å²) in [6, 6.07) is 2.73. The minimum atomic E-state index is -4.41. The summed E-state index contributed by atoms with van der Waals surface area (Å²) in [6.07, 6.45) is -4.41. The van der Waals surface area contributed by atoms with E-state index in [1.165, 1.54) is 7.11 Å². The lowest BCUT2D eigenvalue weighted by atomic mass is 10.2. The number of hydrogen-bond donors (Lipinski definition) is 0. The second-order valence-corrected chi connectivity index (χ2v) is 2.80. The molecule has 0 N–H and O–H groups in total. The fourth-order valence-electron chi connectivity index (χ4n) is 0.835. The van der Waals surface area contributed by atoms with Crippen molar-refractivity contribution in [2.24, 2.45) is 0 Å². The van der Waals surface area contributed by atoms with E-state index in [-0.39, 0.29) is 10.8 Å². The SMILES string of the molecule is COOc1ccc(C(F)(F)F)cc1Cl. The van der Waals surface area contributed by atoms with E-state index in [0.717, 1.165) is 18.2 Å². The van der Waals surface area contributed by atoms with Gasteiger partial charge in [-0.1, -0.05) is 11.6 Å². The van der Waals surface area contributed by atoms with E-state index >= 15 is 0 Å². The molecular formula is C8H6ClF3O2. The van der Waals surface area contributed by atoms with Crippen molar-refractivity contribution < 1.29 is 22.9 Å². The maximum absolute atomic E-state index is 12.2. The Morgan fingerprint density at radius 2 is 1.93 bits per heavy atom. The summed E-state index contributed by atoms with van der Waals surface area (Å²) in [7, 11) is 1.23. The summed E-state index contributed by atoms with van der Waals surface area (Å²) in [6.45, 7) is 0. The Morgan fingerprint density at radius 3 is 2.36 bits per heavy atom. The van der Waals surface area contributed by atoms with Crippen molar-refractivity contribution in [1.82, 2.24) is 0 Å². The summed E-state index contributed by atoms with van der Waals surface area (Å²) in [5.74, 6) is 0.0437. The molecule has 0 bridgehead atoms. The molecule has 1 aromatic rings. The Balaban J connectivity index is 3.01. The van der Waals surface area contributed by atoms with Gasteiger partial charge in [0.1, 0.15) is 0 Å². The van der Waals surface area contributed by atoms with E-state index in [4.69, 9.17) is 11.6 Å². The van der Waals surface area contributed by atoms with Crippen LogP contribution in [0.5, 0.6) is 5.75 Å². The lowest BCUT2D eigenvalue weighted by Crippen LogP contribution is -2.04. The van der Waals surface area contributed by atoms with Gasteiger partial charge in [0, 0.05) is 0 Å². The number of halogens is 4. The van der Waals surface area contributed by atoms with Gasteiger partial charge in [-0.15, -0.1) is 0 Å². The van der Waals surface area contributed by atoms with Crippen LogP contribution < -0.4 is 4.89 Å². The molecule has 0 saturated carbocycles. The van der Waals surface area contributed by atoms with Gasteiger partial charge in [-0.05, 0) is 18.2 Å². The Kier molecular flexibility index (Phi) is 3.23. The molecule has 2 nitrogen and oxygen atoms in total. The average Bonchev–Trinajstić information content (AvgIpc) is 2.07. The first-order valence-electron chi connectivity index (χ1n) is 3.52. The molecule has 78 valence electrons. The maximum Gasteiger partial charge on any atom is 0.416 e. The number of benzene rings is 1. The summed E-state index contributed by atoms with van der Waals surface area (Å²) >= 11 is 5.51.